The van der Waals surface area contributed by atoms with Crippen LogP contribution < -0.4 is 9.80 Å². The Labute approximate surface area is 138 Å². The Hall–Kier alpha value is -2.76. The van der Waals surface area contributed by atoms with E-state index in [0.29, 0.717) is 35.4 Å². The Balaban J connectivity index is 1.75. The molecule has 0 N–H and O–H groups in total. The third kappa shape index (κ3) is 1.95. The van der Waals surface area contributed by atoms with Crippen molar-refractivity contribution in [3.63, 3.8) is 0 Å². The molecule has 24 heavy (non-hydrogen) atoms. The first kappa shape index (κ1) is 14.8. The Kier molecular flexibility index (Phi) is 3.16. The fraction of sp³-hybridized carbons (Fsp3) is 0.333. The second-order valence-electron chi connectivity index (χ2n) is 6.35. The summed E-state index contributed by atoms with van der Waals surface area (Å²) in [7, 11) is 0. The number of rotatable bonds is 1. The number of benzene rings is 1. The third-order valence-electron chi connectivity index (χ3n) is 4.86. The molecule has 0 aromatic heterocycles. The van der Waals surface area contributed by atoms with Gasteiger partial charge in [0.05, 0.1) is 17.8 Å². The summed E-state index contributed by atoms with van der Waals surface area (Å²) in [6, 6.07) is 4.98. The van der Waals surface area contributed by atoms with Crippen LogP contribution in [0.1, 0.15) is 38.2 Å². The molecule has 0 fully saturated rings. The minimum absolute atomic E-state index is 0.159. The number of imide groups is 2. The predicted molar refractivity (Wildman–Crippen MR) is 86.3 cm³/mol. The highest BCUT2D eigenvalue weighted by Gasteiger charge is 2.40. The zero-order valence-corrected chi connectivity index (χ0v) is 13.3. The van der Waals surface area contributed by atoms with E-state index in [4.69, 9.17) is 0 Å². The summed E-state index contributed by atoms with van der Waals surface area (Å²) >= 11 is 0. The van der Waals surface area contributed by atoms with E-state index >= 15 is 0 Å². The van der Waals surface area contributed by atoms with Gasteiger partial charge in [0.15, 0.2) is 0 Å². The van der Waals surface area contributed by atoms with E-state index in [1.807, 2.05) is 0 Å². The number of hydrogen-bond donors (Lipinski definition) is 0. The van der Waals surface area contributed by atoms with Gasteiger partial charge in [0.25, 0.3) is 11.8 Å². The summed E-state index contributed by atoms with van der Waals surface area (Å²) in [5, 5.41) is 0. The Morgan fingerprint density at radius 3 is 2.21 bits per heavy atom. The van der Waals surface area contributed by atoms with Crippen molar-refractivity contribution in [2.24, 2.45) is 0 Å². The van der Waals surface area contributed by atoms with Gasteiger partial charge in [-0.3, -0.25) is 24.1 Å². The topological polar surface area (TPSA) is 74.8 Å². The summed E-state index contributed by atoms with van der Waals surface area (Å²) in [5.41, 5.74) is 2.85. The fourth-order valence-corrected chi connectivity index (χ4v) is 3.74. The van der Waals surface area contributed by atoms with Crippen molar-refractivity contribution in [2.75, 3.05) is 9.80 Å². The molecule has 4 rings (SSSR count). The van der Waals surface area contributed by atoms with Crippen LogP contribution in [0.4, 0.5) is 11.4 Å². The molecule has 2 aliphatic heterocycles. The number of hydrogen-bond acceptors (Lipinski definition) is 4. The van der Waals surface area contributed by atoms with Crippen LogP contribution in [0.2, 0.25) is 0 Å². The van der Waals surface area contributed by atoms with Gasteiger partial charge < -0.3 is 0 Å². The molecule has 0 saturated heterocycles. The van der Waals surface area contributed by atoms with E-state index in [2.05, 4.69) is 0 Å². The van der Waals surface area contributed by atoms with E-state index in [1.165, 1.54) is 11.8 Å². The summed E-state index contributed by atoms with van der Waals surface area (Å²) < 4.78 is 0. The molecule has 0 radical (unpaired) electrons. The molecule has 0 unspecified atom stereocenters. The zero-order chi connectivity index (χ0) is 17.0. The van der Waals surface area contributed by atoms with Crippen LogP contribution in [0.5, 0.6) is 0 Å². The molecule has 0 atom stereocenters. The monoisotopic (exact) mass is 324 g/mol. The van der Waals surface area contributed by atoms with Crippen LogP contribution in [0, 0.1) is 0 Å². The zero-order valence-electron chi connectivity index (χ0n) is 13.3. The second-order valence-corrected chi connectivity index (χ2v) is 6.35. The molecule has 3 aliphatic rings. The quantitative estimate of drug-likeness (QED) is 0.739. The molecule has 1 aromatic carbocycles. The summed E-state index contributed by atoms with van der Waals surface area (Å²) in [6.45, 7) is 1.33. The van der Waals surface area contributed by atoms with Gasteiger partial charge in [0.2, 0.25) is 11.8 Å². The SMILES string of the molecule is CC(=O)N1C(=O)Cc2ccc(N3C(=O)C4=C(CCCC4)C3=O)cc21. The number of amides is 4. The number of anilines is 2. The van der Waals surface area contributed by atoms with Crippen molar-refractivity contribution < 1.29 is 19.2 Å². The van der Waals surface area contributed by atoms with Crippen molar-refractivity contribution in [1.29, 1.82) is 0 Å². The van der Waals surface area contributed by atoms with Crippen molar-refractivity contribution in [3.8, 4) is 0 Å². The van der Waals surface area contributed by atoms with E-state index in [1.54, 1.807) is 18.2 Å². The van der Waals surface area contributed by atoms with Gasteiger partial charge in [-0.1, -0.05) is 6.07 Å². The first-order valence-corrected chi connectivity index (χ1v) is 8.06. The summed E-state index contributed by atoms with van der Waals surface area (Å²) in [5.74, 6) is -1.19. The molecule has 1 aromatic rings. The van der Waals surface area contributed by atoms with Crippen LogP contribution in [-0.4, -0.2) is 23.6 Å². The lowest BCUT2D eigenvalue weighted by Crippen LogP contribution is -2.33. The number of carbonyl (C=O) groups excluding carboxylic acids is 4. The van der Waals surface area contributed by atoms with Crippen molar-refractivity contribution in [2.45, 2.75) is 39.0 Å². The minimum Gasteiger partial charge on any atom is -0.274 e. The number of fused-ring (bicyclic) bond motifs is 1. The highest BCUT2D eigenvalue weighted by Crippen LogP contribution is 2.38. The van der Waals surface area contributed by atoms with Crippen LogP contribution in [0.3, 0.4) is 0 Å². The standard InChI is InChI=1S/C18H16N2O4/c1-10(21)19-15-9-12(7-6-11(15)8-16(19)22)20-17(23)13-4-2-3-5-14(13)18(20)24/h6-7,9H,2-5,8H2,1H3. The maximum absolute atomic E-state index is 12.6. The normalized spacial score (nSPS) is 20.0. The van der Waals surface area contributed by atoms with Crippen molar-refractivity contribution >= 4 is 35.0 Å². The maximum atomic E-state index is 12.6. The largest absolute Gasteiger partial charge is 0.274 e. The highest BCUT2D eigenvalue weighted by atomic mass is 16.2. The van der Waals surface area contributed by atoms with E-state index < -0.39 is 0 Å². The fourth-order valence-electron chi connectivity index (χ4n) is 3.74. The van der Waals surface area contributed by atoms with Crippen LogP contribution in [0.25, 0.3) is 0 Å². The Morgan fingerprint density at radius 2 is 1.62 bits per heavy atom. The lowest BCUT2D eigenvalue weighted by atomic mass is 9.93. The molecule has 6 nitrogen and oxygen atoms in total. The molecule has 6 heteroatoms. The first-order chi connectivity index (χ1) is 11.5. The molecular weight excluding hydrogens is 308 g/mol. The predicted octanol–water partition coefficient (Wildman–Crippen LogP) is 1.87. The molecule has 0 spiro atoms. The molecule has 0 saturated carbocycles. The maximum Gasteiger partial charge on any atom is 0.261 e. The Morgan fingerprint density at radius 1 is 1.00 bits per heavy atom. The molecule has 122 valence electrons. The van der Waals surface area contributed by atoms with Gasteiger partial charge in [0, 0.05) is 18.1 Å². The Bertz CT molecular complexity index is 825. The lowest BCUT2D eigenvalue weighted by molar-refractivity contribution is -0.125. The van der Waals surface area contributed by atoms with Crippen molar-refractivity contribution in [3.05, 3.63) is 34.9 Å². The molecule has 1 aliphatic carbocycles. The lowest BCUT2D eigenvalue weighted by Gasteiger charge is -2.18. The molecule has 4 amide bonds. The number of carbonyl (C=O) groups is 4. The van der Waals surface area contributed by atoms with Gasteiger partial charge >= 0.3 is 0 Å². The van der Waals surface area contributed by atoms with Gasteiger partial charge in [0.1, 0.15) is 0 Å². The van der Waals surface area contributed by atoms with Crippen LogP contribution in [-0.2, 0) is 25.6 Å². The number of nitrogens with zero attached hydrogens (tertiary/aromatic N) is 2. The third-order valence-corrected chi connectivity index (χ3v) is 4.86. The van der Waals surface area contributed by atoms with Gasteiger partial charge in [-0.05, 0) is 43.4 Å². The van der Waals surface area contributed by atoms with E-state index in [9.17, 15) is 19.2 Å². The van der Waals surface area contributed by atoms with Crippen LogP contribution in [0.15, 0.2) is 29.3 Å². The van der Waals surface area contributed by atoms with Gasteiger partial charge in [-0.25, -0.2) is 4.90 Å². The molecular formula is C18H16N2O4. The smallest absolute Gasteiger partial charge is 0.261 e. The average Bonchev–Trinajstić information content (AvgIpc) is 3.01. The molecule has 0 bridgehead atoms. The highest BCUT2D eigenvalue weighted by molar-refractivity contribution is 6.33. The van der Waals surface area contributed by atoms with Gasteiger partial charge in [-0.2, -0.15) is 0 Å². The van der Waals surface area contributed by atoms with E-state index in [0.717, 1.165) is 23.3 Å². The minimum atomic E-state index is -0.368. The summed E-state index contributed by atoms with van der Waals surface area (Å²) in [6.07, 6.45) is 3.27. The molecule has 2 heterocycles. The van der Waals surface area contributed by atoms with Crippen LogP contribution >= 0.6 is 0 Å². The first-order valence-electron chi connectivity index (χ1n) is 8.06. The summed E-state index contributed by atoms with van der Waals surface area (Å²) in [4.78, 5) is 51.3. The van der Waals surface area contributed by atoms with Gasteiger partial charge in [-0.15, -0.1) is 0 Å². The second kappa shape index (κ2) is 5.12. The van der Waals surface area contributed by atoms with E-state index in [-0.39, 0.29) is 30.0 Å². The van der Waals surface area contributed by atoms with Crippen molar-refractivity contribution in [1.82, 2.24) is 0 Å². The average molecular weight is 324 g/mol.